The van der Waals surface area contributed by atoms with Crippen LogP contribution in [0.5, 0.6) is 11.5 Å². The minimum atomic E-state index is -1.01. The van der Waals surface area contributed by atoms with Crippen molar-refractivity contribution in [3.63, 3.8) is 0 Å². The van der Waals surface area contributed by atoms with Gasteiger partial charge in [0.2, 0.25) is 0 Å². The molecule has 128 valence electrons. The molecule has 0 heterocycles. The van der Waals surface area contributed by atoms with Crippen LogP contribution in [-0.2, 0) is 9.59 Å². The summed E-state index contributed by atoms with van der Waals surface area (Å²) in [4.78, 5) is 37.3. The molecule has 0 aliphatic heterocycles. The summed E-state index contributed by atoms with van der Waals surface area (Å²) in [6, 6.07) is 10.7. The van der Waals surface area contributed by atoms with E-state index in [1.807, 2.05) is 0 Å². The average Bonchev–Trinajstić information content (AvgIpc) is 2.54. The quantitative estimate of drug-likeness (QED) is 0.509. The number of ether oxygens (including phenoxy) is 2. The molecule has 0 aliphatic rings. The van der Waals surface area contributed by atoms with Gasteiger partial charge in [0.1, 0.15) is 0 Å². The van der Waals surface area contributed by atoms with Gasteiger partial charge in [0.05, 0.1) is 11.3 Å². The lowest BCUT2D eigenvalue weighted by Gasteiger charge is -2.09. The standard InChI is InChI=1S/C18H15NO6/c1-11(20)24-16-8-3-13(9-17(16)25-12(2)21)10-19-15-6-4-14(5-7-15)18(22)23/h3-10H,1-2H3,(H,22,23). The van der Waals surface area contributed by atoms with Crippen molar-refractivity contribution in [2.24, 2.45) is 4.99 Å². The minimum Gasteiger partial charge on any atom is -0.478 e. The molecule has 1 N–H and O–H groups in total. The molecule has 0 aliphatic carbocycles. The highest BCUT2D eigenvalue weighted by molar-refractivity contribution is 5.88. The summed E-state index contributed by atoms with van der Waals surface area (Å²) in [6.07, 6.45) is 1.51. The van der Waals surface area contributed by atoms with E-state index in [9.17, 15) is 14.4 Å². The van der Waals surface area contributed by atoms with Gasteiger partial charge in [0.25, 0.3) is 0 Å². The summed E-state index contributed by atoms with van der Waals surface area (Å²) in [5, 5.41) is 8.86. The highest BCUT2D eigenvalue weighted by Gasteiger charge is 2.10. The SMILES string of the molecule is CC(=O)Oc1ccc(C=Nc2ccc(C(=O)O)cc2)cc1OC(C)=O. The van der Waals surface area contributed by atoms with Crippen LogP contribution in [0.25, 0.3) is 0 Å². The van der Waals surface area contributed by atoms with Crippen LogP contribution in [0.3, 0.4) is 0 Å². The second-order valence-corrected chi connectivity index (χ2v) is 5.00. The molecule has 25 heavy (non-hydrogen) atoms. The van der Waals surface area contributed by atoms with Crippen molar-refractivity contribution in [1.82, 2.24) is 0 Å². The summed E-state index contributed by atoms with van der Waals surface area (Å²) in [6.45, 7) is 2.48. The van der Waals surface area contributed by atoms with Gasteiger partial charge in [-0.2, -0.15) is 0 Å². The van der Waals surface area contributed by atoms with Crippen LogP contribution in [0.2, 0.25) is 0 Å². The van der Waals surface area contributed by atoms with Crippen molar-refractivity contribution >= 4 is 29.8 Å². The Kier molecular flexibility index (Phi) is 5.62. The number of benzene rings is 2. The minimum absolute atomic E-state index is 0.105. The van der Waals surface area contributed by atoms with Crippen LogP contribution in [0, 0.1) is 0 Å². The van der Waals surface area contributed by atoms with Crippen molar-refractivity contribution < 1.29 is 29.0 Å². The summed E-state index contributed by atoms with van der Waals surface area (Å²) in [5.41, 5.74) is 1.33. The average molecular weight is 341 g/mol. The Labute approximate surface area is 143 Å². The smallest absolute Gasteiger partial charge is 0.335 e. The second-order valence-electron chi connectivity index (χ2n) is 5.00. The lowest BCUT2D eigenvalue weighted by Crippen LogP contribution is -2.07. The molecule has 7 nitrogen and oxygen atoms in total. The van der Waals surface area contributed by atoms with Gasteiger partial charge < -0.3 is 14.6 Å². The predicted molar refractivity (Wildman–Crippen MR) is 89.7 cm³/mol. The number of hydrogen-bond acceptors (Lipinski definition) is 6. The molecule has 0 radical (unpaired) electrons. The first-order chi connectivity index (χ1) is 11.8. The number of aliphatic imine (C=N–C) groups is 1. The molecule has 0 amide bonds. The number of hydrogen-bond donors (Lipinski definition) is 1. The van der Waals surface area contributed by atoms with E-state index in [4.69, 9.17) is 14.6 Å². The van der Waals surface area contributed by atoms with Crippen LogP contribution in [0.4, 0.5) is 5.69 Å². The third-order valence-corrected chi connectivity index (χ3v) is 2.95. The van der Waals surface area contributed by atoms with Crippen molar-refractivity contribution in [3.05, 3.63) is 53.6 Å². The third-order valence-electron chi connectivity index (χ3n) is 2.95. The first-order valence-corrected chi connectivity index (χ1v) is 7.23. The van der Waals surface area contributed by atoms with Crippen molar-refractivity contribution in [1.29, 1.82) is 0 Å². The molecular weight excluding hydrogens is 326 g/mol. The van der Waals surface area contributed by atoms with Crippen LogP contribution in [0.1, 0.15) is 29.8 Å². The fourth-order valence-electron chi connectivity index (χ4n) is 1.92. The molecule has 0 saturated carbocycles. The van der Waals surface area contributed by atoms with Crippen molar-refractivity contribution in [2.75, 3.05) is 0 Å². The van der Waals surface area contributed by atoms with E-state index in [1.165, 1.54) is 44.3 Å². The van der Waals surface area contributed by atoms with Crippen LogP contribution < -0.4 is 9.47 Å². The molecule has 0 unspecified atom stereocenters. The Morgan fingerprint density at radius 1 is 0.920 bits per heavy atom. The topological polar surface area (TPSA) is 102 Å². The highest BCUT2D eigenvalue weighted by atomic mass is 16.6. The second kappa shape index (κ2) is 7.87. The predicted octanol–water partition coefficient (Wildman–Crippen LogP) is 2.99. The van der Waals surface area contributed by atoms with E-state index in [1.54, 1.807) is 18.2 Å². The fraction of sp³-hybridized carbons (Fsp3) is 0.111. The maximum absolute atomic E-state index is 11.2. The lowest BCUT2D eigenvalue weighted by atomic mass is 10.2. The number of nitrogens with zero attached hydrogens (tertiary/aromatic N) is 1. The van der Waals surface area contributed by atoms with Gasteiger partial charge in [-0.25, -0.2) is 4.79 Å². The Bertz CT molecular complexity index is 839. The van der Waals surface area contributed by atoms with Crippen LogP contribution >= 0.6 is 0 Å². The molecule has 0 bridgehead atoms. The van der Waals surface area contributed by atoms with Gasteiger partial charge in [0.15, 0.2) is 11.5 Å². The van der Waals surface area contributed by atoms with E-state index < -0.39 is 17.9 Å². The van der Waals surface area contributed by atoms with Crippen LogP contribution in [0.15, 0.2) is 47.5 Å². The summed E-state index contributed by atoms with van der Waals surface area (Å²) < 4.78 is 10.0. The number of rotatable bonds is 5. The zero-order chi connectivity index (χ0) is 18.4. The normalized spacial score (nSPS) is 10.5. The molecule has 2 aromatic carbocycles. The Hall–Kier alpha value is -3.48. The van der Waals surface area contributed by atoms with E-state index in [0.29, 0.717) is 11.3 Å². The largest absolute Gasteiger partial charge is 0.478 e. The maximum Gasteiger partial charge on any atom is 0.335 e. The molecule has 2 rings (SSSR count). The number of aromatic carboxylic acids is 1. The van der Waals surface area contributed by atoms with Gasteiger partial charge in [-0.3, -0.25) is 14.6 Å². The van der Waals surface area contributed by atoms with E-state index >= 15 is 0 Å². The number of carboxylic acids is 1. The van der Waals surface area contributed by atoms with Gasteiger partial charge in [-0.15, -0.1) is 0 Å². The Morgan fingerprint density at radius 3 is 2.08 bits per heavy atom. The zero-order valence-corrected chi connectivity index (χ0v) is 13.6. The number of carbonyl (C=O) groups excluding carboxylic acids is 2. The van der Waals surface area contributed by atoms with Gasteiger partial charge >= 0.3 is 17.9 Å². The molecule has 2 aromatic rings. The van der Waals surface area contributed by atoms with Gasteiger partial charge in [-0.1, -0.05) is 0 Å². The molecule has 0 aromatic heterocycles. The van der Waals surface area contributed by atoms with E-state index in [-0.39, 0.29) is 17.1 Å². The van der Waals surface area contributed by atoms with Gasteiger partial charge in [-0.05, 0) is 48.0 Å². The third kappa shape index (κ3) is 5.28. The fourth-order valence-corrected chi connectivity index (χ4v) is 1.92. The van der Waals surface area contributed by atoms with Gasteiger partial charge in [0, 0.05) is 20.1 Å². The zero-order valence-electron chi connectivity index (χ0n) is 13.6. The first kappa shape index (κ1) is 17.9. The number of esters is 2. The lowest BCUT2D eigenvalue weighted by molar-refractivity contribution is -0.134. The first-order valence-electron chi connectivity index (χ1n) is 7.23. The summed E-state index contributed by atoms with van der Waals surface area (Å²) in [5.74, 6) is -1.86. The summed E-state index contributed by atoms with van der Waals surface area (Å²) >= 11 is 0. The molecular formula is C18H15NO6. The van der Waals surface area contributed by atoms with Crippen molar-refractivity contribution in [2.45, 2.75) is 13.8 Å². The molecule has 0 saturated heterocycles. The van der Waals surface area contributed by atoms with E-state index in [0.717, 1.165) is 0 Å². The van der Waals surface area contributed by atoms with E-state index in [2.05, 4.69) is 4.99 Å². The van der Waals surface area contributed by atoms with Crippen LogP contribution in [-0.4, -0.2) is 29.2 Å². The molecule has 0 atom stereocenters. The summed E-state index contributed by atoms with van der Waals surface area (Å²) in [7, 11) is 0. The highest BCUT2D eigenvalue weighted by Crippen LogP contribution is 2.28. The molecule has 0 fully saturated rings. The number of carbonyl (C=O) groups is 3. The number of carboxylic acid groups (broad SMARTS) is 1. The Balaban J connectivity index is 2.24. The molecule has 7 heteroatoms. The van der Waals surface area contributed by atoms with Crippen molar-refractivity contribution in [3.8, 4) is 11.5 Å². The maximum atomic E-state index is 11.2. The monoisotopic (exact) mass is 341 g/mol. The molecule has 0 spiro atoms. The Morgan fingerprint density at radius 2 is 1.52 bits per heavy atom.